The Kier molecular flexibility index (Phi) is 8.19. The van der Waals surface area contributed by atoms with E-state index in [2.05, 4.69) is 24.8 Å². The van der Waals surface area contributed by atoms with Gasteiger partial charge in [0.15, 0.2) is 0 Å². The number of unbranched alkanes of at least 4 members (excludes halogenated alkanes) is 2. The third-order valence-electron chi connectivity index (χ3n) is 1.07. The van der Waals surface area contributed by atoms with Crippen molar-refractivity contribution in [1.82, 2.24) is 0 Å². The van der Waals surface area contributed by atoms with Crippen LogP contribution in [0.25, 0.3) is 0 Å². The van der Waals surface area contributed by atoms with Crippen molar-refractivity contribution in [2.24, 2.45) is 4.99 Å². The van der Waals surface area contributed by atoms with Gasteiger partial charge in [-0.25, -0.2) is 0 Å². The second-order valence-corrected chi connectivity index (χ2v) is 3.04. The average molecular weight is 145 g/mol. The van der Waals surface area contributed by atoms with Gasteiger partial charge < -0.3 is 0 Å². The second-order valence-electron chi connectivity index (χ2n) is 2.02. The molecule has 9 heavy (non-hydrogen) atoms. The zero-order chi connectivity index (χ0) is 6.95. The van der Waals surface area contributed by atoms with Crippen LogP contribution < -0.4 is 0 Å². The Bertz CT molecular complexity index is 71.3. The number of hydrogen-bond donors (Lipinski definition) is 0. The summed E-state index contributed by atoms with van der Waals surface area (Å²) in [5, 5.41) is 0. The standard InChI is InChI=1S/C7H16NP/c1-3-4-5-6-8-7-9-2/h6,9H,3-5,7H2,1-2H3. The predicted octanol–water partition coefficient (Wildman–Crippen LogP) is 2.51. The van der Waals surface area contributed by atoms with E-state index in [1.807, 2.05) is 0 Å². The van der Waals surface area contributed by atoms with E-state index in [9.17, 15) is 0 Å². The Morgan fingerprint density at radius 3 is 2.89 bits per heavy atom. The summed E-state index contributed by atoms with van der Waals surface area (Å²) in [5.41, 5.74) is 0. The van der Waals surface area contributed by atoms with E-state index >= 15 is 0 Å². The molecule has 0 aliphatic carbocycles. The van der Waals surface area contributed by atoms with Crippen LogP contribution in [0.3, 0.4) is 0 Å². The molecule has 0 N–H and O–H groups in total. The van der Waals surface area contributed by atoms with E-state index < -0.39 is 0 Å². The van der Waals surface area contributed by atoms with Crippen LogP contribution >= 0.6 is 8.58 Å². The maximum absolute atomic E-state index is 4.21. The fourth-order valence-electron chi connectivity index (χ4n) is 0.543. The highest BCUT2D eigenvalue weighted by Gasteiger charge is 1.76. The van der Waals surface area contributed by atoms with Gasteiger partial charge in [-0.3, -0.25) is 4.99 Å². The molecule has 0 aromatic carbocycles. The molecule has 54 valence electrons. The number of rotatable bonds is 5. The third-order valence-corrected chi connectivity index (χ3v) is 1.56. The lowest BCUT2D eigenvalue weighted by Gasteiger charge is -1.87. The molecular formula is C7H16NP. The lowest BCUT2D eigenvalue weighted by atomic mass is 10.3. The zero-order valence-corrected chi connectivity index (χ0v) is 7.35. The molecule has 1 atom stereocenters. The van der Waals surface area contributed by atoms with Crippen molar-refractivity contribution in [3.8, 4) is 0 Å². The summed E-state index contributed by atoms with van der Waals surface area (Å²) in [6.07, 6.45) is 6.82. The lowest BCUT2D eigenvalue weighted by Crippen LogP contribution is -1.75. The Morgan fingerprint density at radius 1 is 1.56 bits per heavy atom. The molecule has 0 bridgehead atoms. The van der Waals surface area contributed by atoms with Gasteiger partial charge in [0.1, 0.15) is 0 Å². The van der Waals surface area contributed by atoms with Gasteiger partial charge in [-0.1, -0.05) is 13.3 Å². The van der Waals surface area contributed by atoms with Crippen LogP contribution in [0.2, 0.25) is 0 Å². The minimum absolute atomic E-state index is 0.972. The first kappa shape index (κ1) is 9.10. The highest BCUT2D eigenvalue weighted by Crippen LogP contribution is 2.00. The first-order chi connectivity index (χ1) is 4.41. The van der Waals surface area contributed by atoms with Gasteiger partial charge in [0.25, 0.3) is 0 Å². The topological polar surface area (TPSA) is 12.4 Å². The molecule has 0 heterocycles. The Hall–Kier alpha value is 0.100. The maximum atomic E-state index is 4.21. The molecule has 0 amide bonds. The van der Waals surface area contributed by atoms with E-state index in [1.165, 1.54) is 19.3 Å². The molecule has 0 fully saturated rings. The van der Waals surface area contributed by atoms with Crippen LogP contribution in [-0.4, -0.2) is 19.2 Å². The van der Waals surface area contributed by atoms with Gasteiger partial charge in [0.05, 0.1) is 6.29 Å². The molecule has 0 radical (unpaired) electrons. The van der Waals surface area contributed by atoms with Gasteiger partial charge in [-0.2, -0.15) is 0 Å². The van der Waals surface area contributed by atoms with Crippen LogP contribution in [0.4, 0.5) is 0 Å². The molecular weight excluding hydrogens is 129 g/mol. The van der Waals surface area contributed by atoms with Gasteiger partial charge in [0.2, 0.25) is 0 Å². The molecule has 0 rings (SSSR count). The maximum Gasteiger partial charge on any atom is 0.0550 e. The first-order valence-electron chi connectivity index (χ1n) is 3.54. The highest BCUT2D eigenvalue weighted by atomic mass is 31.1. The molecule has 0 aliphatic rings. The number of nitrogens with zero attached hydrogens (tertiary/aromatic N) is 1. The summed E-state index contributed by atoms with van der Waals surface area (Å²) in [7, 11) is 0.972. The summed E-state index contributed by atoms with van der Waals surface area (Å²) in [6, 6.07) is 0. The van der Waals surface area contributed by atoms with Crippen molar-refractivity contribution < 1.29 is 0 Å². The zero-order valence-electron chi connectivity index (χ0n) is 6.35. The normalized spacial score (nSPS) is 12.2. The SMILES string of the molecule is CCCCC=NCPC. The van der Waals surface area contributed by atoms with Crippen LogP contribution in [0.1, 0.15) is 26.2 Å². The molecule has 0 aromatic heterocycles. The molecule has 0 aromatic rings. The Labute approximate surface area is 59.7 Å². The van der Waals surface area contributed by atoms with Crippen LogP contribution in [0.15, 0.2) is 4.99 Å². The van der Waals surface area contributed by atoms with Crippen molar-refractivity contribution in [1.29, 1.82) is 0 Å². The van der Waals surface area contributed by atoms with E-state index in [0.717, 1.165) is 14.9 Å². The highest BCUT2D eigenvalue weighted by molar-refractivity contribution is 7.36. The van der Waals surface area contributed by atoms with Gasteiger partial charge in [0, 0.05) is 0 Å². The lowest BCUT2D eigenvalue weighted by molar-refractivity contribution is 0.841. The molecule has 0 spiro atoms. The van der Waals surface area contributed by atoms with Crippen LogP contribution in [-0.2, 0) is 0 Å². The van der Waals surface area contributed by atoms with Gasteiger partial charge >= 0.3 is 0 Å². The van der Waals surface area contributed by atoms with Crippen molar-refractivity contribution in [2.45, 2.75) is 26.2 Å². The summed E-state index contributed by atoms with van der Waals surface area (Å²) in [4.78, 5) is 4.21. The third kappa shape index (κ3) is 8.10. The first-order valence-corrected chi connectivity index (χ1v) is 5.25. The molecule has 1 unspecified atom stereocenters. The van der Waals surface area contributed by atoms with Crippen molar-refractivity contribution in [3.63, 3.8) is 0 Å². The summed E-state index contributed by atoms with van der Waals surface area (Å²) in [5.74, 6) is 0. The smallest absolute Gasteiger partial charge is 0.0550 e. The molecule has 0 aliphatic heterocycles. The quantitative estimate of drug-likeness (QED) is 0.320. The largest absolute Gasteiger partial charge is 0.293 e. The fourth-order valence-corrected chi connectivity index (χ4v) is 0.854. The molecule has 1 nitrogen and oxygen atoms in total. The van der Waals surface area contributed by atoms with E-state index in [0.29, 0.717) is 0 Å². The van der Waals surface area contributed by atoms with E-state index in [1.54, 1.807) is 0 Å². The average Bonchev–Trinajstić information content (AvgIpc) is 1.89. The second kappa shape index (κ2) is 8.10. The summed E-state index contributed by atoms with van der Waals surface area (Å²) in [6.45, 7) is 4.38. The monoisotopic (exact) mass is 145 g/mol. The van der Waals surface area contributed by atoms with Crippen LogP contribution in [0, 0.1) is 0 Å². The number of hydrogen-bond acceptors (Lipinski definition) is 1. The van der Waals surface area contributed by atoms with E-state index in [4.69, 9.17) is 0 Å². The molecule has 2 heteroatoms. The Morgan fingerprint density at radius 2 is 2.33 bits per heavy atom. The summed E-state index contributed by atoms with van der Waals surface area (Å²) < 4.78 is 0. The van der Waals surface area contributed by atoms with Crippen molar-refractivity contribution >= 4 is 14.8 Å². The van der Waals surface area contributed by atoms with Crippen LogP contribution in [0.5, 0.6) is 0 Å². The predicted molar refractivity (Wildman–Crippen MR) is 47.1 cm³/mol. The number of aliphatic imine (C=N–C) groups is 1. The van der Waals surface area contributed by atoms with Gasteiger partial charge in [-0.05, 0) is 25.7 Å². The Balaban J connectivity index is 2.86. The molecule has 0 saturated carbocycles. The van der Waals surface area contributed by atoms with E-state index in [-0.39, 0.29) is 0 Å². The minimum atomic E-state index is 0.972. The molecule has 0 saturated heterocycles. The fraction of sp³-hybridized carbons (Fsp3) is 0.857. The van der Waals surface area contributed by atoms with Crippen molar-refractivity contribution in [2.75, 3.05) is 13.0 Å². The minimum Gasteiger partial charge on any atom is -0.293 e. The van der Waals surface area contributed by atoms with Crippen molar-refractivity contribution in [3.05, 3.63) is 0 Å². The van der Waals surface area contributed by atoms with Gasteiger partial charge in [-0.15, -0.1) is 8.58 Å². The summed E-state index contributed by atoms with van der Waals surface area (Å²) >= 11 is 0.